The van der Waals surface area contributed by atoms with Crippen molar-refractivity contribution in [1.82, 2.24) is 15.2 Å². The first-order chi connectivity index (χ1) is 11.2. The highest BCUT2D eigenvalue weighted by Crippen LogP contribution is 2.22. The van der Waals surface area contributed by atoms with Crippen molar-refractivity contribution in [2.24, 2.45) is 0 Å². The third kappa shape index (κ3) is 3.97. The van der Waals surface area contributed by atoms with Crippen LogP contribution in [0.3, 0.4) is 0 Å². The predicted molar refractivity (Wildman–Crippen MR) is 84.7 cm³/mol. The molecule has 1 saturated heterocycles. The molecule has 1 aliphatic heterocycles. The second-order valence-corrected chi connectivity index (χ2v) is 5.51. The van der Waals surface area contributed by atoms with E-state index in [1.807, 2.05) is 6.07 Å². The van der Waals surface area contributed by atoms with Crippen molar-refractivity contribution in [2.45, 2.75) is 6.04 Å². The van der Waals surface area contributed by atoms with Crippen LogP contribution in [-0.4, -0.2) is 48.6 Å². The minimum absolute atomic E-state index is 0.0755. The zero-order chi connectivity index (χ0) is 16.1. The number of ether oxygens (including phenoxy) is 1. The Morgan fingerprint density at radius 3 is 2.83 bits per heavy atom. The highest BCUT2D eigenvalue weighted by molar-refractivity contribution is 5.92. The fourth-order valence-electron chi connectivity index (χ4n) is 2.82. The lowest BCUT2D eigenvalue weighted by Gasteiger charge is -2.34. The molecule has 3 rings (SSSR count). The Kier molecular flexibility index (Phi) is 5.05. The van der Waals surface area contributed by atoms with Crippen molar-refractivity contribution in [3.8, 4) is 0 Å². The third-order valence-corrected chi connectivity index (χ3v) is 4.02. The number of nitrogens with zero attached hydrogens (tertiary/aromatic N) is 1. The molecule has 1 atom stereocenters. The maximum Gasteiger partial charge on any atom is 0.267 e. The standard InChI is InChI=1S/C17H20FN3O2/c18-14-4-1-3-13(11-14)16(21-7-9-23-10-8-21)12-20-17(22)15-5-2-6-19-15/h1-6,11,16,19H,7-10,12H2,(H,20,22). The largest absolute Gasteiger partial charge is 0.379 e. The summed E-state index contributed by atoms with van der Waals surface area (Å²) >= 11 is 0. The second-order valence-electron chi connectivity index (χ2n) is 5.51. The lowest BCUT2D eigenvalue weighted by molar-refractivity contribution is 0.0161. The van der Waals surface area contributed by atoms with Gasteiger partial charge in [-0.05, 0) is 29.8 Å². The number of H-pyrrole nitrogens is 1. The summed E-state index contributed by atoms with van der Waals surface area (Å²) in [7, 11) is 0. The average Bonchev–Trinajstić information content (AvgIpc) is 3.10. The van der Waals surface area contributed by atoms with Gasteiger partial charge in [0.1, 0.15) is 11.5 Å². The van der Waals surface area contributed by atoms with E-state index in [1.54, 1.807) is 24.4 Å². The predicted octanol–water partition coefficient (Wildman–Crippen LogP) is 1.96. The first-order valence-electron chi connectivity index (χ1n) is 7.73. The van der Waals surface area contributed by atoms with Crippen LogP contribution >= 0.6 is 0 Å². The molecule has 1 aromatic carbocycles. The van der Waals surface area contributed by atoms with Crippen molar-refractivity contribution in [3.63, 3.8) is 0 Å². The van der Waals surface area contributed by atoms with Gasteiger partial charge in [0.2, 0.25) is 0 Å². The molecule has 23 heavy (non-hydrogen) atoms. The first kappa shape index (κ1) is 15.7. The molecule has 1 fully saturated rings. The summed E-state index contributed by atoms with van der Waals surface area (Å²) in [6, 6.07) is 9.98. The molecule has 6 heteroatoms. The summed E-state index contributed by atoms with van der Waals surface area (Å²) in [5.74, 6) is -0.430. The van der Waals surface area contributed by atoms with Crippen LogP contribution in [0, 0.1) is 5.82 Å². The number of hydrogen-bond donors (Lipinski definition) is 2. The van der Waals surface area contributed by atoms with Gasteiger partial charge in [0.05, 0.1) is 19.3 Å². The molecule has 2 aromatic rings. The molecule has 1 aromatic heterocycles. The third-order valence-electron chi connectivity index (χ3n) is 4.02. The number of nitrogens with one attached hydrogen (secondary N) is 2. The molecule has 0 radical (unpaired) electrons. The quantitative estimate of drug-likeness (QED) is 0.886. The number of aromatic amines is 1. The Hall–Kier alpha value is -2.18. The normalized spacial score (nSPS) is 16.9. The van der Waals surface area contributed by atoms with Crippen LogP contribution < -0.4 is 5.32 Å². The number of amides is 1. The van der Waals surface area contributed by atoms with Crippen LogP contribution in [0.5, 0.6) is 0 Å². The van der Waals surface area contributed by atoms with Crippen molar-refractivity contribution >= 4 is 5.91 Å². The monoisotopic (exact) mass is 317 g/mol. The lowest BCUT2D eigenvalue weighted by atomic mass is 10.0. The zero-order valence-electron chi connectivity index (χ0n) is 12.8. The number of morpholine rings is 1. The molecule has 1 unspecified atom stereocenters. The minimum atomic E-state index is -0.267. The van der Waals surface area contributed by atoms with Crippen molar-refractivity contribution in [3.05, 3.63) is 59.7 Å². The van der Waals surface area contributed by atoms with E-state index in [1.165, 1.54) is 12.1 Å². The molecule has 2 N–H and O–H groups in total. The molecule has 1 aliphatic rings. The van der Waals surface area contributed by atoms with Crippen LogP contribution in [0.4, 0.5) is 4.39 Å². The Labute approximate surface area is 134 Å². The van der Waals surface area contributed by atoms with Crippen LogP contribution in [0.2, 0.25) is 0 Å². The SMILES string of the molecule is O=C(NCC(c1cccc(F)c1)N1CCOCC1)c1ccc[nH]1. The Morgan fingerprint density at radius 2 is 2.13 bits per heavy atom. The van der Waals surface area contributed by atoms with E-state index in [0.29, 0.717) is 25.5 Å². The molecule has 1 amide bonds. The van der Waals surface area contributed by atoms with E-state index in [4.69, 9.17) is 4.74 Å². The van der Waals surface area contributed by atoms with E-state index in [-0.39, 0.29) is 17.8 Å². The summed E-state index contributed by atoms with van der Waals surface area (Å²) in [6.45, 7) is 3.24. The Balaban J connectivity index is 1.73. The summed E-state index contributed by atoms with van der Waals surface area (Å²) < 4.78 is 19.0. The van der Waals surface area contributed by atoms with Gasteiger partial charge in [-0.15, -0.1) is 0 Å². The molecular weight excluding hydrogens is 297 g/mol. The second kappa shape index (κ2) is 7.39. The number of rotatable bonds is 5. The Bertz CT molecular complexity index is 639. The molecule has 0 aliphatic carbocycles. The van der Waals surface area contributed by atoms with Crippen LogP contribution in [0.1, 0.15) is 22.1 Å². The maximum atomic E-state index is 13.6. The smallest absolute Gasteiger partial charge is 0.267 e. The molecule has 5 nitrogen and oxygen atoms in total. The van der Waals surface area contributed by atoms with Gasteiger partial charge < -0.3 is 15.0 Å². The fourth-order valence-corrected chi connectivity index (χ4v) is 2.82. The van der Waals surface area contributed by atoms with Gasteiger partial charge in [0, 0.05) is 25.8 Å². The van der Waals surface area contributed by atoms with Crippen molar-refractivity contribution in [1.29, 1.82) is 0 Å². The summed E-state index contributed by atoms with van der Waals surface area (Å²) in [4.78, 5) is 17.2. The van der Waals surface area contributed by atoms with Gasteiger partial charge >= 0.3 is 0 Å². The van der Waals surface area contributed by atoms with Gasteiger partial charge in [-0.2, -0.15) is 0 Å². The molecule has 122 valence electrons. The molecule has 0 saturated carbocycles. The maximum absolute atomic E-state index is 13.6. The van der Waals surface area contributed by atoms with Crippen LogP contribution in [-0.2, 0) is 4.74 Å². The van der Waals surface area contributed by atoms with Gasteiger partial charge in [-0.1, -0.05) is 12.1 Å². The van der Waals surface area contributed by atoms with Gasteiger partial charge in [0.15, 0.2) is 0 Å². The molecule has 0 spiro atoms. The van der Waals surface area contributed by atoms with Crippen molar-refractivity contribution < 1.29 is 13.9 Å². The molecular formula is C17H20FN3O2. The highest BCUT2D eigenvalue weighted by Gasteiger charge is 2.23. The van der Waals surface area contributed by atoms with E-state index < -0.39 is 0 Å². The van der Waals surface area contributed by atoms with E-state index >= 15 is 0 Å². The minimum Gasteiger partial charge on any atom is -0.379 e. The number of aromatic nitrogens is 1. The van der Waals surface area contributed by atoms with Gasteiger partial charge in [0.25, 0.3) is 5.91 Å². The van der Waals surface area contributed by atoms with E-state index in [2.05, 4.69) is 15.2 Å². The van der Waals surface area contributed by atoms with Crippen molar-refractivity contribution in [2.75, 3.05) is 32.8 Å². The lowest BCUT2D eigenvalue weighted by Crippen LogP contribution is -2.43. The number of carbonyl (C=O) groups is 1. The van der Waals surface area contributed by atoms with Crippen LogP contribution in [0.15, 0.2) is 42.6 Å². The van der Waals surface area contributed by atoms with Gasteiger partial charge in [-0.3, -0.25) is 9.69 Å². The fraction of sp³-hybridized carbons (Fsp3) is 0.353. The Morgan fingerprint density at radius 1 is 1.30 bits per heavy atom. The summed E-state index contributed by atoms with van der Waals surface area (Å²) in [5.41, 5.74) is 1.38. The van der Waals surface area contributed by atoms with E-state index in [9.17, 15) is 9.18 Å². The summed E-state index contributed by atoms with van der Waals surface area (Å²) in [5, 5.41) is 2.93. The van der Waals surface area contributed by atoms with Crippen LogP contribution in [0.25, 0.3) is 0 Å². The topological polar surface area (TPSA) is 57.4 Å². The summed E-state index contributed by atoms with van der Waals surface area (Å²) in [6.07, 6.45) is 1.71. The van der Waals surface area contributed by atoms with Gasteiger partial charge in [-0.25, -0.2) is 4.39 Å². The number of benzene rings is 1. The molecule has 0 bridgehead atoms. The number of halogens is 1. The first-order valence-corrected chi connectivity index (χ1v) is 7.73. The number of carbonyl (C=O) groups excluding carboxylic acids is 1. The zero-order valence-corrected chi connectivity index (χ0v) is 12.8. The highest BCUT2D eigenvalue weighted by atomic mass is 19.1. The number of hydrogen-bond acceptors (Lipinski definition) is 3. The average molecular weight is 317 g/mol. The van der Waals surface area contributed by atoms with E-state index in [0.717, 1.165) is 18.7 Å². The molecule has 2 heterocycles.